The monoisotopic (exact) mass is 300 g/mol. The maximum Gasteiger partial charge on any atom is 0.165 e. The van der Waals surface area contributed by atoms with E-state index >= 15 is 0 Å². The fourth-order valence-corrected chi connectivity index (χ4v) is 2.39. The van der Waals surface area contributed by atoms with Crippen LogP contribution in [0.5, 0.6) is 11.5 Å². The molecule has 0 atom stereocenters. The molecule has 0 saturated carbocycles. The predicted octanol–water partition coefficient (Wildman–Crippen LogP) is 3.97. The van der Waals surface area contributed by atoms with Gasteiger partial charge in [0.15, 0.2) is 5.82 Å². The normalized spacial score (nSPS) is 10.6. The lowest BCUT2D eigenvalue weighted by Crippen LogP contribution is -1.95. The molecule has 0 saturated heterocycles. The van der Waals surface area contributed by atoms with Gasteiger partial charge in [0.25, 0.3) is 0 Å². The molecule has 106 valence electrons. The van der Waals surface area contributed by atoms with Crippen LogP contribution in [0.1, 0.15) is 0 Å². The van der Waals surface area contributed by atoms with E-state index in [4.69, 9.17) is 21.1 Å². The Balaban J connectivity index is 2.24. The van der Waals surface area contributed by atoms with Crippen molar-refractivity contribution in [2.24, 2.45) is 0 Å². The molecule has 0 unspecified atom stereocenters. The summed E-state index contributed by atoms with van der Waals surface area (Å²) in [5, 5.41) is 1.19. The van der Waals surface area contributed by atoms with Crippen molar-refractivity contribution in [2.75, 3.05) is 14.2 Å². The zero-order valence-electron chi connectivity index (χ0n) is 11.6. The molecular weight excluding hydrogens is 288 g/mol. The van der Waals surface area contributed by atoms with E-state index in [1.54, 1.807) is 14.2 Å². The number of methoxy groups -OCH3 is 2. The fraction of sp³-hybridized carbons (Fsp3) is 0.125. The Kier molecular flexibility index (Phi) is 3.62. The van der Waals surface area contributed by atoms with Crippen molar-refractivity contribution in [1.82, 2.24) is 9.97 Å². The zero-order valence-corrected chi connectivity index (χ0v) is 12.4. The van der Waals surface area contributed by atoms with Gasteiger partial charge in [0.2, 0.25) is 0 Å². The molecule has 3 rings (SSSR count). The van der Waals surface area contributed by atoms with Crippen LogP contribution in [0.4, 0.5) is 0 Å². The van der Waals surface area contributed by atoms with Gasteiger partial charge in [-0.15, -0.1) is 0 Å². The van der Waals surface area contributed by atoms with E-state index in [-0.39, 0.29) is 0 Å². The van der Waals surface area contributed by atoms with Crippen molar-refractivity contribution >= 4 is 22.5 Å². The molecule has 21 heavy (non-hydrogen) atoms. The summed E-state index contributed by atoms with van der Waals surface area (Å²) < 4.78 is 10.6. The van der Waals surface area contributed by atoms with E-state index in [1.807, 2.05) is 42.5 Å². The van der Waals surface area contributed by atoms with Crippen LogP contribution >= 0.6 is 11.6 Å². The van der Waals surface area contributed by atoms with E-state index < -0.39 is 0 Å². The first-order valence-corrected chi connectivity index (χ1v) is 6.75. The third-order valence-electron chi connectivity index (χ3n) is 3.21. The molecule has 1 heterocycles. The lowest BCUT2D eigenvalue weighted by atomic mass is 10.1. The number of fused-ring (bicyclic) bond motifs is 1. The Bertz CT molecular complexity index is 805. The number of hydrogen-bond donors (Lipinski definition) is 0. The molecule has 1 aromatic heterocycles. The highest BCUT2D eigenvalue weighted by Crippen LogP contribution is 2.31. The molecule has 0 radical (unpaired) electrons. The van der Waals surface area contributed by atoms with Crippen LogP contribution in [0, 0.1) is 0 Å². The third-order valence-corrected chi connectivity index (χ3v) is 3.49. The second-order valence-corrected chi connectivity index (χ2v) is 4.78. The van der Waals surface area contributed by atoms with Gasteiger partial charge in [-0.25, -0.2) is 9.97 Å². The van der Waals surface area contributed by atoms with Gasteiger partial charge >= 0.3 is 0 Å². The van der Waals surface area contributed by atoms with E-state index in [2.05, 4.69) is 9.97 Å². The summed E-state index contributed by atoms with van der Waals surface area (Å²) in [5.41, 5.74) is 1.53. The molecular formula is C16H13ClN2O2. The molecule has 0 bridgehead atoms. The summed E-state index contributed by atoms with van der Waals surface area (Å²) in [5.74, 6) is 1.96. The molecule has 0 aliphatic heterocycles. The summed E-state index contributed by atoms with van der Waals surface area (Å²) in [6, 6.07) is 13.1. The Hall–Kier alpha value is -2.33. The largest absolute Gasteiger partial charge is 0.497 e. The van der Waals surface area contributed by atoms with E-state index in [9.17, 15) is 0 Å². The number of rotatable bonds is 3. The van der Waals surface area contributed by atoms with Crippen molar-refractivity contribution in [3.05, 3.63) is 47.6 Å². The number of benzene rings is 2. The molecule has 0 spiro atoms. The standard InChI is InChI=1S/C16H13ClN2O2/c1-20-10-7-8-11-13(9-10)18-16(19-15(11)17)12-5-3-4-6-14(12)21-2/h3-9H,1-2H3. The van der Waals surface area contributed by atoms with Crippen LogP contribution in [-0.4, -0.2) is 24.2 Å². The predicted molar refractivity (Wildman–Crippen MR) is 83.1 cm³/mol. The lowest BCUT2D eigenvalue weighted by molar-refractivity contribution is 0.415. The summed E-state index contributed by atoms with van der Waals surface area (Å²) >= 11 is 6.27. The smallest absolute Gasteiger partial charge is 0.165 e. The van der Waals surface area contributed by atoms with Crippen molar-refractivity contribution < 1.29 is 9.47 Å². The van der Waals surface area contributed by atoms with Crippen LogP contribution in [0.25, 0.3) is 22.3 Å². The number of nitrogens with zero attached hydrogens (tertiary/aromatic N) is 2. The number of halogens is 1. The Morgan fingerprint density at radius 3 is 2.52 bits per heavy atom. The van der Waals surface area contributed by atoms with Crippen LogP contribution in [-0.2, 0) is 0 Å². The molecule has 5 heteroatoms. The van der Waals surface area contributed by atoms with Crippen LogP contribution in [0.2, 0.25) is 5.15 Å². The first-order chi connectivity index (χ1) is 10.2. The maximum atomic E-state index is 6.27. The number of para-hydroxylation sites is 1. The molecule has 0 fully saturated rings. The topological polar surface area (TPSA) is 44.2 Å². The summed E-state index contributed by atoms with van der Waals surface area (Å²) in [6.45, 7) is 0. The highest BCUT2D eigenvalue weighted by atomic mass is 35.5. The molecule has 0 aliphatic carbocycles. The fourth-order valence-electron chi connectivity index (χ4n) is 2.15. The van der Waals surface area contributed by atoms with Crippen LogP contribution in [0.15, 0.2) is 42.5 Å². The highest BCUT2D eigenvalue weighted by molar-refractivity contribution is 6.34. The number of hydrogen-bond acceptors (Lipinski definition) is 4. The molecule has 2 aromatic carbocycles. The molecule has 0 amide bonds. The summed E-state index contributed by atoms with van der Waals surface area (Å²) in [7, 11) is 3.23. The highest BCUT2D eigenvalue weighted by Gasteiger charge is 2.12. The van der Waals surface area contributed by atoms with Gasteiger partial charge in [0, 0.05) is 11.5 Å². The van der Waals surface area contributed by atoms with Gasteiger partial charge in [-0.1, -0.05) is 23.7 Å². The quantitative estimate of drug-likeness (QED) is 0.687. The van der Waals surface area contributed by atoms with E-state index in [0.717, 1.165) is 22.2 Å². The van der Waals surface area contributed by atoms with E-state index in [0.29, 0.717) is 16.7 Å². The average molecular weight is 301 g/mol. The van der Waals surface area contributed by atoms with Crippen molar-refractivity contribution in [3.8, 4) is 22.9 Å². The van der Waals surface area contributed by atoms with Gasteiger partial charge < -0.3 is 9.47 Å². The number of aromatic nitrogens is 2. The minimum absolute atomic E-state index is 0.406. The number of ether oxygens (including phenoxy) is 2. The third kappa shape index (κ3) is 2.50. The Labute approximate surface area is 127 Å². The van der Waals surface area contributed by atoms with Crippen molar-refractivity contribution in [1.29, 1.82) is 0 Å². The Morgan fingerprint density at radius 1 is 0.952 bits per heavy atom. The minimum Gasteiger partial charge on any atom is -0.497 e. The molecule has 3 aromatic rings. The summed E-state index contributed by atoms with van der Waals surface area (Å²) in [6.07, 6.45) is 0. The lowest BCUT2D eigenvalue weighted by Gasteiger charge is -2.09. The van der Waals surface area contributed by atoms with Crippen LogP contribution in [0.3, 0.4) is 0 Å². The SMILES string of the molecule is COc1ccc2c(Cl)nc(-c3ccccc3OC)nc2c1. The second kappa shape index (κ2) is 5.58. The van der Waals surface area contributed by atoms with Gasteiger partial charge in [0.05, 0.1) is 25.3 Å². The zero-order chi connectivity index (χ0) is 14.8. The van der Waals surface area contributed by atoms with Gasteiger partial charge in [-0.3, -0.25) is 0 Å². The van der Waals surface area contributed by atoms with Gasteiger partial charge in [0.1, 0.15) is 16.7 Å². The molecule has 0 aliphatic rings. The van der Waals surface area contributed by atoms with E-state index in [1.165, 1.54) is 0 Å². The minimum atomic E-state index is 0.406. The first kappa shape index (κ1) is 13.6. The summed E-state index contributed by atoms with van der Waals surface area (Å²) in [4.78, 5) is 8.94. The molecule has 0 N–H and O–H groups in total. The molecule has 4 nitrogen and oxygen atoms in total. The van der Waals surface area contributed by atoms with Gasteiger partial charge in [-0.2, -0.15) is 0 Å². The second-order valence-electron chi connectivity index (χ2n) is 4.42. The van der Waals surface area contributed by atoms with Crippen molar-refractivity contribution in [3.63, 3.8) is 0 Å². The average Bonchev–Trinajstić information content (AvgIpc) is 2.54. The first-order valence-electron chi connectivity index (χ1n) is 6.37. The van der Waals surface area contributed by atoms with Gasteiger partial charge in [-0.05, 0) is 24.3 Å². The Morgan fingerprint density at radius 2 is 1.76 bits per heavy atom. The maximum absolute atomic E-state index is 6.27. The van der Waals surface area contributed by atoms with Crippen molar-refractivity contribution in [2.45, 2.75) is 0 Å². The van der Waals surface area contributed by atoms with Crippen LogP contribution < -0.4 is 9.47 Å².